The minimum absolute atomic E-state index is 0.473. The first kappa shape index (κ1) is 26.1. The van der Waals surface area contributed by atoms with Gasteiger partial charge in [0, 0.05) is 40.6 Å². The van der Waals surface area contributed by atoms with Gasteiger partial charge in [-0.3, -0.25) is 0 Å². The quantitative estimate of drug-likeness (QED) is 0.149. The van der Waals surface area contributed by atoms with E-state index < -0.39 is 618 Å². The van der Waals surface area contributed by atoms with E-state index in [2.05, 4.69) is 0 Å². The molecule has 2 nitrogen and oxygen atoms in total. The number of fused-ring (bicyclic) bond motifs is 18. The van der Waals surface area contributed by atoms with Crippen molar-refractivity contribution in [1.29, 1.82) is 0 Å². The van der Waals surface area contributed by atoms with Crippen LogP contribution in [0.5, 0.6) is 0 Å². The van der Waals surface area contributed by atoms with E-state index in [0.717, 1.165) is 13.8 Å². The summed E-state index contributed by atoms with van der Waals surface area (Å²) in [6.07, 6.45) is 0. The van der Waals surface area contributed by atoms with Crippen LogP contribution in [0.1, 0.15) is 140 Å². The van der Waals surface area contributed by atoms with Crippen LogP contribution in [0.15, 0.2) is 371 Å². The molecule has 2 heteroatoms. The van der Waals surface area contributed by atoms with Gasteiger partial charge in [0.15, 0.2) is 0 Å². The molecule has 19 aromatic carbocycles. The Labute approximate surface area is 730 Å². The third-order valence-electron chi connectivity index (χ3n) is 19.3. The highest BCUT2D eigenvalue weighted by Crippen LogP contribution is 2.56. The van der Waals surface area contributed by atoms with Crippen molar-refractivity contribution in [2.75, 3.05) is 0 Å². The Hall–Kier alpha value is -13.7. The predicted molar refractivity (Wildman–Crippen MR) is 466 cm³/mol. The summed E-state index contributed by atoms with van der Waals surface area (Å²) in [6.45, 7) is -5.04. The Bertz CT molecular complexity index is 11400. The summed E-state index contributed by atoms with van der Waals surface area (Å²) in [7, 11) is 0. The molecule has 21 aromatic rings. The second kappa shape index (κ2) is 24.4. The molecule has 516 valence electrons. The van der Waals surface area contributed by atoms with E-state index in [0.29, 0.717) is 0 Å². The van der Waals surface area contributed by atoms with Crippen molar-refractivity contribution in [2.45, 2.75) is 38.4 Å². The molecule has 2 atom stereocenters. The summed E-state index contributed by atoms with van der Waals surface area (Å²) >= 11 is 0. The van der Waals surface area contributed by atoms with E-state index in [1.807, 2.05) is 0 Å². The molecule has 0 spiro atoms. The molecule has 0 aliphatic heterocycles. The molecule has 2 aliphatic carbocycles. The topological polar surface area (TPSA) is 26.3 Å². The van der Waals surface area contributed by atoms with Crippen molar-refractivity contribution in [3.8, 4) is 100 Å². The Kier molecular flexibility index (Phi) is 5.79. The number of furan rings is 2. The van der Waals surface area contributed by atoms with Crippen molar-refractivity contribution in [1.82, 2.24) is 0 Å². The highest BCUT2D eigenvalue weighted by molar-refractivity contribution is 6.25. The van der Waals surface area contributed by atoms with Crippen LogP contribution < -0.4 is 0 Å². The van der Waals surface area contributed by atoms with Crippen molar-refractivity contribution >= 4 is 109 Å². The Morgan fingerprint density at radius 2 is 0.527 bits per heavy atom. The largest absolute Gasteiger partial charge is 0.456 e. The lowest BCUT2D eigenvalue weighted by atomic mass is 9.78. The van der Waals surface area contributed by atoms with Gasteiger partial charge in [-0.2, -0.15) is 0 Å². The van der Waals surface area contributed by atoms with Crippen LogP contribution in [0.25, 0.3) is 209 Å². The standard InChI is InChI=1S/C57H38O.C51H34O/c1-57(2)51-33-38(35-14-4-3-5-15-35)26-28-43(51)48-25-13-24-42(56(48)57)39-18-12-19-40(30-39)54-44-20-8-10-22-46(44)55(47-23-11-9-21-45(47)54)41-27-29-52-49(32-41)50-31-36-16-6-7-17-37(36)34-53(50)58-52;1-51(2)45-24-10-9-17-37(45)42-23-12-22-36(50(42)51)33-15-11-16-34(27-33)48-38-18-5-7-20-40(38)49(41-21-8-6-19-39(41)48)35-25-26-46-43(29-35)44-28-31-13-3-4-14-32(31)30-47(44)52-46/h3-34H,1-2H3;3-30H,1-2H3/i1D3,3D,4D,5D,6D,7D,8D,9D,10D,11D,12D,13D,14D,15D,16D,17D,18D,19D,20D,21D,22D,23D,24D,25D,26D,27D,28D,29D,30D,31D,32D,33D,34D;1D3,3D,4D,5D,6D,7D,8D,9D,10D,11D,12D,13D,14D,15D,16D,17D,18D,19D,20D,21D,22D,23D,24D,25D,26D,27D,28D,29D,30D. The Morgan fingerprint density at radius 1 is 0.209 bits per heavy atom. The third-order valence-corrected chi connectivity index (χ3v) is 19.3. The van der Waals surface area contributed by atoms with Crippen LogP contribution in [0.4, 0.5) is 0 Å². The van der Waals surface area contributed by atoms with Gasteiger partial charge in [-0.05, 0) is 253 Å². The molecule has 0 fully saturated rings. The van der Waals surface area contributed by atoms with Crippen molar-refractivity contribution < 1.29 is 99.3 Å². The summed E-state index contributed by atoms with van der Waals surface area (Å²) in [5, 5.41) is -11.0. The van der Waals surface area contributed by atoms with Crippen molar-refractivity contribution in [3.05, 3.63) is 385 Å². The lowest BCUT2D eigenvalue weighted by Gasteiger charge is -2.25. The molecular weight excluding hydrogens is 1330 g/mol. The molecule has 0 bridgehead atoms. The Morgan fingerprint density at radius 3 is 0.973 bits per heavy atom. The van der Waals surface area contributed by atoms with E-state index in [4.69, 9.17) is 52.7 Å². The van der Waals surface area contributed by atoms with Crippen LogP contribution in [-0.2, 0) is 10.8 Å². The zero-order valence-corrected chi connectivity index (χ0v) is 55.8. The fourth-order valence-electron chi connectivity index (χ4n) is 14.6. The maximum absolute atomic E-state index is 10.3. The first-order valence-corrected chi connectivity index (χ1v) is 33.1. The average molecular weight is 1470 g/mol. The van der Waals surface area contributed by atoms with E-state index in [-0.39, 0.29) is 0 Å². The first-order valence-electron chi connectivity index (χ1n) is 66.1. The van der Waals surface area contributed by atoms with Gasteiger partial charge in [0.25, 0.3) is 0 Å². The summed E-state index contributed by atoms with van der Waals surface area (Å²) < 4.78 is 618. The fourth-order valence-corrected chi connectivity index (χ4v) is 14.6. The van der Waals surface area contributed by atoms with Crippen LogP contribution in [-0.4, -0.2) is 0 Å². The van der Waals surface area contributed by atoms with E-state index in [1.165, 1.54) is 0 Å². The summed E-state index contributed by atoms with van der Waals surface area (Å²) in [5.74, 6) is 0. The zero-order chi connectivity index (χ0) is 130. The molecular formula is C108H72O2. The lowest BCUT2D eigenvalue weighted by Crippen LogP contribution is -2.16. The van der Waals surface area contributed by atoms with Gasteiger partial charge in [0.1, 0.15) is 22.3 Å². The van der Waals surface area contributed by atoms with Crippen molar-refractivity contribution in [3.63, 3.8) is 0 Å². The fraction of sp³-hybridized carbons (Fsp3) is 0.0556. The van der Waals surface area contributed by atoms with Crippen molar-refractivity contribution in [2.24, 2.45) is 0 Å². The minimum atomic E-state index is -3.58. The van der Waals surface area contributed by atoms with E-state index in [9.17, 15) is 46.6 Å². The van der Waals surface area contributed by atoms with Crippen LogP contribution in [0.3, 0.4) is 0 Å². The monoisotopic (exact) mass is 1470 g/mol. The maximum Gasteiger partial charge on any atom is 0.136 e. The van der Waals surface area contributed by atoms with Gasteiger partial charge in [-0.1, -0.05) is 324 Å². The highest BCUT2D eigenvalue weighted by atomic mass is 16.3. The minimum Gasteiger partial charge on any atom is -0.456 e. The molecule has 0 N–H and O–H groups in total. The molecule has 2 unspecified atom stereocenters. The SMILES string of the molecule is [2H]c1c([2H])c(-c2c([2H])c([2H])c([2H])c3c2C(C)(C([2H])([2H])[2H])c2c([2H])c([2H])c([2H])c([2H])c2-3)c([2H])c(-c2c3c([2H])c([2H])c([2H])c([2H])c3c(-c3c([2H])c([2H])c4oc5c([2H])c6c([2H])c([2H])c([2H])c([2H])c6c([2H])c5c4c3[2H])c3c([2H])c([2H])c([2H])c([2H])c23)c1[2H].[2H]c1c([2H])c([2H])c(-c2c([2H])c([2H])c3c(c2[2H])C(C)(C([2H])([2H])[2H])c2c(-c4c([2H])c([2H])c([2H])c(-c5c6c([2H])c([2H])c([2H])c([2H])c6c(-c6c([2H])c([2H])c7oc8c([2H])c9c([2H])c([2H])c([2H])c([2H])c9c([2H])c8c7c6[2H])c6c([2H])c([2H])c([2H])c([2H])c56)c4[2H])c([2H])c([2H])c([2H])c2-3)c([2H])c1[2H]. The average Bonchev–Trinajstić information content (AvgIpc) is 1.48. The molecule has 0 saturated heterocycles. The summed E-state index contributed by atoms with van der Waals surface area (Å²) in [4.78, 5) is 0. The zero-order valence-electron chi connectivity index (χ0n) is 122. The normalized spacial score (nSPS) is 23.7. The molecule has 2 heterocycles. The summed E-state index contributed by atoms with van der Waals surface area (Å²) in [6, 6.07) is -59.6. The molecule has 0 amide bonds. The van der Waals surface area contributed by atoms with Gasteiger partial charge in [0.2, 0.25) is 0 Å². The second-order valence-electron chi connectivity index (χ2n) is 25.5. The van der Waals surface area contributed by atoms with Crippen LogP contribution in [0, 0.1) is 0 Å². The second-order valence-corrected chi connectivity index (χ2v) is 25.5. The lowest BCUT2D eigenvalue weighted by molar-refractivity contribution is 0.662. The smallest absolute Gasteiger partial charge is 0.136 e. The highest BCUT2D eigenvalue weighted by Gasteiger charge is 2.39. The number of hydrogen-bond acceptors (Lipinski definition) is 2. The molecule has 23 rings (SSSR count). The number of benzene rings is 19. The molecule has 2 aromatic heterocycles. The van der Waals surface area contributed by atoms with E-state index >= 15 is 0 Å². The van der Waals surface area contributed by atoms with Crippen LogP contribution in [0.2, 0.25) is 0 Å². The number of hydrogen-bond donors (Lipinski definition) is 0. The third kappa shape index (κ3) is 9.75. The molecule has 0 radical (unpaired) electrons. The first-order chi connectivity index (χ1) is 81.6. The van der Waals surface area contributed by atoms with Gasteiger partial charge < -0.3 is 8.83 Å². The summed E-state index contributed by atoms with van der Waals surface area (Å²) in [5.41, 5.74) is -26.2. The van der Waals surface area contributed by atoms with Gasteiger partial charge >= 0.3 is 0 Å². The van der Waals surface area contributed by atoms with Gasteiger partial charge in [-0.15, -0.1) is 0 Å². The molecule has 0 saturated carbocycles. The molecule has 2 aliphatic rings. The van der Waals surface area contributed by atoms with Gasteiger partial charge in [-0.25, -0.2) is 0 Å². The van der Waals surface area contributed by atoms with E-state index in [1.54, 1.807) is 0 Å². The Balaban J connectivity index is 0.000000193. The number of rotatable bonds is 7. The van der Waals surface area contributed by atoms with Gasteiger partial charge in [0.05, 0.1) is 82.2 Å². The molecule has 110 heavy (non-hydrogen) atoms. The van der Waals surface area contributed by atoms with Crippen LogP contribution >= 0.6 is 0 Å². The maximum atomic E-state index is 10.3. The predicted octanol–water partition coefficient (Wildman–Crippen LogP) is 30.4.